The normalized spacial score (nSPS) is 10.4. The summed E-state index contributed by atoms with van der Waals surface area (Å²) >= 11 is 0. The van der Waals surface area contributed by atoms with Crippen molar-refractivity contribution in [3.8, 4) is 6.07 Å². The van der Waals surface area contributed by atoms with Gasteiger partial charge < -0.3 is 5.32 Å². The van der Waals surface area contributed by atoms with Gasteiger partial charge in [0.25, 0.3) is 5.91 Å². The number of aromatic nitrogens is 2. The monoisotopic (exact) mass is 328 g/mol. The molecule has 0 unspecified atom stereocenters. The van der Waals surface area contributed by atoms with Crippen LogP contribution in [0.1, 0.15) is 16.1 Å². The van der Waals surface area contributed by atoms with Crippen LogP contribution in [-0.4, -0.2) is 15.9 Å². The first-order valence-electron chi connectivity index (χ1n) is 7.35. The van der Waals surface area contributed by atoms with Gasteiger partial charge in [-0.05, 0) is 42.5 Å². The molecule has 0 fully saturated rings. The van der Waals surface area contributed by atoms with E-state index in [9.17, 15) is 10.1 Å². The van der Waals surface area contributed by atoms with Crippen LogP contribution in [0.2, 0.25) is 0 Å². The lowest BCUT2D eigenvalue weighted by Crippen LogP contribution is -2.14. The molecule has 0 atom stereocenters. The number of carbonyl (C=O) groups is 1. The Morgan fingerprint density at radius 3 is 2.48 bits per heavy atom. The van der Waals surface area contributed by atoms with Gasteiger partial charge in [-0.2, -0.15) is 5.26 Å². The van der Waals surface area contributed by atoms with Gasteiger partial charge in [0, 0.05) is 12.4 Å². The zero-order chi connectivity index (χ0) is 17.5. The molecule has 0 aliphatic heterocycles. The third-order valence-corrected chi connectivity index (χ3v) is 3.19. The third-order valence-electron chi connectivity index (χ3n) is 3.19. The molecule has 0 aliphatic carbocycles. The number of azo groups is 1. The molecule has 2 aromatic heterocycles. The number of pyridine rings is 2. The fourth-order valence-corrected chi connectivity index (χ4v) is 2.00. The fourth-order valence-electron chi connectivity index (χ4n) is 2.00. The lowest BCUT2D eigenvalue weighted by molar-refractivity contribution is 0.102. The van der Waals surface area contributed by atoms with Gasteiger partial charge in [0.1, 0.15) is 11.8 Å². The molecular weight excluding hydrogens is 316 g/mol. The van der Waals surface area contributed by atoms with Crippen LogP contribution in [0.4, 0.5) is 17.2 Å². The largest absolute Gasteiger partial charge is 0.319 e. The highest BCUT2D eigenvalue weighted by atomic mass is 16.1. The molecular formula is C18H12N6O. The van der Waals surface area contributed by atoms with Crippen molar-refractivity contribution in [2.24, 2.45) is 10.2 Å². The third kappa shape index (κ3) is 4.09. The molecule has 1 N–H and O–H groups in total. The molecule has 0 saturated carbocycles. The first-order valence-corrected chi connectivity index (χ1v) is 7.35. The second kappa shape index (κ2) is 7.57. The van der Waals surface area contributed by atoms with Gasteiger partial charge in [0.05, 0.1) is 16.9 Å². The number of benzene rings is 1. The quantitative estimate of drug-likeness (QED) is 0.730. The predicted molar refractivity (Wildman–Crippen MR) is 91.8 cm³/mol. The van der Waals surface area contributed by atoms with Gasteiger partial charge in [0.2, 0.25) is 0 Å². The van der Waals surface area contributed by atoms with Crippen molar-refractivity contribution in [2.75, 3.05) is 5.32 Å². The number of hydrogen-bond donors (Lipinski definition) is 1. The van der Waals surface area contributed by atoms with Crippen molar-refractivity contribution in [3.05, 3.63) is 78.2 Å². The molecule has 7 nitrogen and oxygen atoms in total. The van der Waals surface area contributed by atoms with Crippen molar-refractivity contribution >= 4 is 23.1 Å². The summed E-state index contributed by atoms with van der Waals surface area (Å²) in [6, 6.07) is 17.2. The van der Waals surface area contributed by atoms with Crippen molar-refractivity contribution < 1.29 is 4.79 Å². The number of nitrogens with zero attached hydrogens (tertiary/aromatic N) is 5. The SMILES string of the molecule is N#Cc1cc(/N=N\c2ccccn2)ccc1NC(=O)c1ccccn1. The summed E-state index contributed by atoms with van der Waals surface area (Å²) in [5.41, 5.74) is 1.42. The van der Waals surface area contributed by atoms with Crippen LogP contribution >= 0.6 is 0 Å². The summed E-state index contributed by atoms with van der Waals surface area (Å²) in [6.45, 7) is 0. The van der Waals surface area contributed by atoms with Crippen LogP contribution in [0, 0.1) is 11.3 Å². The molecule has 120 valence electrons. The maximum atomic E-state index is 12.1. The number of amides is 1. The number of anilines is 1. The van der Waals surface area contributed by atoms with E-state index < -0.39 is 0 Å². The summed E-state index contributed by atoms with van der Waals surface area (Å²) in [5, 5.41) is 20.0. The molecule has 0 aliphatic rings. The van der Waals surface area contributed by atoms with Gasteiger partial charge in [-0.3, -0.25) is 9.78 Å². The number of nitrogens with one attached hydrogen (secondary N) is 1. The van der Waals surface area contributed by atoms with E-state index >= 15 is 0 Å². The second-order valence-corrected chi connectivity index (χ2v) is 4.90. The fraction of sp³-hybridized carbons (Fsp3) is 0. The molecule has 0 bridgehead atoms. The van der Waals surface area contributed by atoms with Crippen LogP contribution < -0.4 is 5.32 Å². The zero-order valence-corrected chi connectivity index (χ0v) is 13.0. The van der Waals surface area contributed by atoms with Gasteiger partial charge in [0.15, 0.2) is 5.82 Å². The number of hydrogen-bond acceptors (Lipinski definition) is 6. The Hall–Kier alpha value is -3.92. The molecule has 25 heavy (non-hydrogen) atoms. The van der Waals surface area contributed by atoms with Gasteiger partial charge in [-0.25, -0.2) is 4.98 Å². The smallest absolute Gasteiger partial charge is 0.274 e. The van der Waals surface area contributed by atoms with Crippen molar-refractivity contribution in [1.82, 2.24) is 9.97 Å². The lowest BCUT2D eigenvalue weighted by Gasteiger charge is -2.06. The number of nitriles is 1. The summed E-state index contributed by atoms with van der Waals surface area (Å²) in [6.07, 6.45) is 3.15. The van der Waals surface area contributed by atoms with Gasteiger partial charge in [-0.1, -0.05) is 12.1 Å². The van der Waals surface area contributed by atoms with E-state index in [1.165, 1.54) is 6.20 Å². The summed E-state index contributed by atoms with van der Waals surface area (Å²) < 4.78 is 0. The average molecular weight is 328 g/mol. The maximum absolute atomic E-state index is 12.1. The predicted octanol–water partition coefficient (Wildman–Crippen LogP) is 4.02. The van der Waals surface area contributed by atoms with E-state index in [0.717, 1.165) is 0 Å². The topological polar surface area (TPSA) is 103 Å². The molecule has 2 heterocycles. The van der Waals surface area contributed by atoms with Crippen LogP contribution in [0.25, 0.3) is 0 Å². The summed E-state index contributed by atoms with van der Waals surface area (Å²) in [5.74, 6) is 0.0773. The van der Waals surface area contributed by atoms with E-state index in [2.05, 4.69) is 25.5 Å². The first kappa shape index (κ1) is 16.0. The standard InChI is InChI=1S/C18H12N6O/c19-12-13-11-14(23-24-17-6-2-4-10-21-17)7-8-15(13)22-18(25)16-5-1-3-9-20-16/h1-11H,(H,22,25)/b24-23-. The minimum Gasteiger partial charge on any atom is -0.319 e. The number of rotatable bonds is 4. The Bertz CT molecular complexity index is 948. The highest BCUT2D eigenvalue weighted by Crippen LogP contribution is 2.23. The summed E-state index contributed by atoms with van der Waals surface area (Å²) in [4.78, 5) is 20.2. The van der Waals surface area contributed by atoms with Crippen LogP contribution in [-0.2, 0) is 0 Å². The minimum absolute atomic E-state index is 0.269. The molecule has 3 rings (SSSR count). The van der Waals surface area contributed by atoms with E-state index in [4.69, 9.17) is 0 Å². The van der Waals surface area contributed by atoms with E-state index in [1.54, 1.807) is 60.8 Å². The Morgan fingerprint density at radius 1 is 1.00 bits per heavy atom. The molecule has 1 aromatic carbocycles. The molecule has 0 radical (unpaired) electrons. The second-order valence-electron chi connectivity index (χ2n) is 4.90. The van der Waals surface area contributed by atoms with Crippen LogP contribution in [0.3, 0.4) is 0 Å². The molecule has 7 heteroatoms. The van der Waals surface area contributed by atoms with E-state index in [-0.39, 0.29) is 17.2 Å². The molecule has 3 aromatic rings. The highest BCUT2D eigenvalue weighted by Gasteiger charge is 2.10. The Balaban J connectivity index is 1.79. The van der Waals surface area contributed by atoms with Crippen LogP contribution in [0.15, 0.2) is 77.2 Å². The summed E-state index contributed by atoms with van der Waals surface area (Å²) in [7, 11) is 0. The van der Waals surface area contributed by atoms with Crippen LogP contribution in [0.5, 0.6) is 0 Å². The van der Waals surface area contributed by atoms with Crippen molar-refractivity contribution in [3.63, 3.8) is 0 Å². The average Bonchev–Trinajstić information content (AvgIpc) is 2.68. The lowest BCUT2D eigenvalue weighted by atomic mass is 10.1. The number of carbonyl (C=O) groups excluding carboxylic acids is 1. The van der Waals surface area contributed by atoms with Crippen molar-refractivity contribution in [1.29, 1.82) is 5.26 Å². The Kier molecular flexibility index (Phi) is 4.83. The van der Waals surface area contributed by atoms with Gasteiger partial charge in [-0.15, -0.1) is 10.2 Å². The zero-order valence-electron chi connectivity index (χ0n) is 13.0. The van der Waals surface area contributed by atoms with Crippen molar-refractivity contribution in [2.45, 2.75) is 0 Å². The molecule has 0 spiro atoms. The minimum atomic E-state index is -0.389. The maximum Gasteiger partial charge on any atom is 0.274 e. The first-order chi connectivity index (χ1) is 12.3. The molecule has 1 amide bonds. The highest BCUT2D eigenvalue weighted by molar-refractivity contribution is 6.03. The Labute approximate surface area is 143 Å². The van der Waals surface area contributed by atoms with E-state index in [0.29, 0.717) is 17.2 Å². The van der Waals surface area contributed by atoms with E-state index in [1.807, 2.05) is 6.07 Å². The van der Waals surface area contributed by atoms with Gasteiger partial charge >= 0.3 is 0 Å². The molecule has 0 saturated heterocycles. The Morgan fingerprint density at radius 2 is 1.80 bits per heavy atom.